The summed E-state index contributed by atoms with van der Waals surface area (Å²) in [4.78, 5) is 5.44. The number of fused-ring (bicyclic) bond motifs is 1. The van der Waals surface area contributed by atoms with Crippen LogP contribution in [0.4, 0.5) is 0 Å². The molecule has 2 fully saturated rings. The van der Waals surface area contributed by atoms with Gasteiger partial charge in [-0.1, -0.05) is 19.8 Å². The van der Waals surface area contributed by atoms with E-state index in [1.807, 2.05) is 0 Å². The van der Waals surface area contributed by atoms with Gasteiger partial charge in [-0.3, -0.25) is 9.80 Å². The summed E-state index contributed by atoms with van der Waals surface area (Å²) in [5, 5.41) is 0. The minimum Gasteiger partial charge on any atom is -0.298 e. The van der Waals surface area contributed by atoms with Crippen molar-refractivity contribution in [3.8, 4) is 0 Å². The molecule has 0 saturated carbocycles. The first-order valence-electron chi connectivity index (χ1n) is 6.79. The molecule has 2 heteroatoms. The third-order valence-electron chi connectivity index (χ3n) is 4.20. The van der Waals surface area contributed by atoms with Crippen molar-refractivity contribution in [2.45, 2.75) is 58.0 Å². The standard InChI is InChI=1S/C13H26N2/c1-3-6-12(2)15-10-9-14-8-5-4-7-13(14)11-15/h12-13H,3-11H2,1-2H3. The Kier molecular flexibility index (Phi) is 4.04. The van der Waals surface area contributed by atoms with Crippen molar-refractivity contribution < 1.29 is 0 Å². The SMILES string of the molecule is CCCC(C)N1CCN2CCCCC2C1. The van der Waals surface area contributed by atoms with Crippen LogP contribution in [-0.4, -0.2) is 48.1 Å². The molecule has 2 rings (SSSR count). The van der Waals surface area contributed by atoms with Crippen LogP contribution in [0.15, 0.2) is 0 Å². The molecule has 15 heavy (non-hydrogen) atoms. The maximum atomic E-state index is 2.72. The molecule has 2 saturated heterocycles. The second kappa shape index (κ2) is 5.31. The molecule has 2 aliphatic heterocycles. The summed E-state index contributed by atoms with van der Waals surface area (Å²) in [6, 6.07) is 1.69. The van der Waals surface area contributed by atoms with E-state index in [2.05, 4.69) is 23.6 Å². The molecule has 0 radical (unpaired) electrons. The summed E-state index contributed by atoms with van der Waals surface area (Å²) in [7, 11) is 0. The zero-order valence-corrected chi connectivity index (χ0v) is 10.4. The quantitative estimate of drug-likeness (QED) is 0.705. The molecule has 0 amide bonds. The largest absolute Gasteiger partial charge is 0.298 e. The Hall–Kier alpha value is -0.0800. The lowest BCUT2D eigenvalue weighted by molar-refractivity contribution is 0.0292. The fourth-order valence-electron chi connectivity index (χ4n) is 3.18. The van der Waals surface area contributed by atoms with Gasteiger partial charge in [-0.05, 0) is 32.7 Å². The molecule has 0 spiro atoms. The number of rotatable bonds is 3. The molecule has 2 atom stereocenters. The van der Waals surface area contributed by atoms with Crippen LogP contribution in [0, 0.1) is 0 Å². The monoisotopic (exact) mass is 210 g/mol. The maximum Gasteiger partial charge on any atom is 0.0223 e. The first-order chi connectivity index (χ1) is 7.31. The van der Waals surface area contributed by atoms with Gasteiger partial charge in [0.25, 0.3) is 0 Å². The molecule has 2 unspecified atom stereocenters. The zero-order chi connectivity index (χ0) is 10.7. The van der Waals surface area contributed by atoms with Crippen molar-refractivity contribution in [3.63, 3.8) is 0 Å². The van der Waals surface area contributed by atoms with Crippen LogP contribution in [0.2, 0.25) is 0 Å². The van der Waals surface area contributed by atoms with Gasteiger partial charge in [0.1, 0.15) is 0 Å². The Bertz CT molecular complexity index is 193. The second-order valence-electron chi connectivity index (χ2n) is 5.32. The molecule has 0 aliphatic carbocycles. The third kappa shape index (κ3) is 2.73. The van der Waals surface area contributed by atoms with E-state index in [0.717, 1.165) is 12.1 Å². The molecule has 2 nitrogen and oxygen atoms in total. The molecular formula is C13H26N2. The summed E-state index contributed by atoms with van der Waals surface area (Å²) in [5.41, 5.74) is 0. The van der Waals surface area contributed by atoms with Crippen LogP contribution in [0.3, 0.4) is 0 Å². The van der Waals surface area contributed by atoms with Gasteiger partial charge in [0.05, 0.1) is 0 Å². The molecule has 0 aromatic heterocycles. The Labute approximate surface area is 94.6 Å². The number of hydrogen-bond acceptors (Lipinski definition) is 2. The van der Waals surface area contributed by atoms with Gasteiger partial charge in [-0.25, -0.2) is 0 Å². The van der Waals surface area contributed by atoms with Crippen molar-refractivity contribution in [1.82, 2.24) is 9.80 Å². The van der Waals surface area contributed by atoms with Crippen LogP contribution < -0.4 is 0 Å². The van der Waals surface area contributed by atoms with Gasteiger partial charge in [-0.15, -0.1) is 0 Å². The van der Waals surface area contributed by atoms with Crippen LogP contribution in [0.25, 0.3) is 0 Å². The highest BCUT2D eigenvalue weighted by Crippen LogP contribution is 2.22. The topological polar surface area (TPSA) is 6.48 Å². The predicted molar refractivity (Wildman–Crippen MR) is 65.2 cm³/mol. The summed E-state index contributed by atoms with van der Waals surface area (Å²) in [6.45, 7) is 10.0. The lowest BCUT2D eigenvalue weighted by Crippen LogP contribution is -2.56. The Morgan fingerprint density at radius 1 is 1.20 bits per heavy atom. The molecule has 2 aliphatic rings. The molecule has 2 heterocycles. The third-order valence-corrected chi connectivity index (χ3v) is 4.20. The van der Waals surface area contributed by atoms with E-state index in [-0.39, 0.29) is 0 Å². The van der Waals surface area contributed by atoms with E-state index in [0.29, 0.717) is 0 Å². The van der Waals surface area contributed by atoms with Gasteiger partial charge in [0, 0.05) is 31.7 Å². The number of nitrogens with zero attached hydrogens (tertiary/aromatic N) is 2. The summed E-state index contributed by atoms with van der Waals surface area (Å²) in [6.07, 6.45) is 7.02. The zero-order valence-electron chi connectivity index (χ0n) is 10.4. The van der Waals surface area contributed by atoms with E-state index in [9.17, 15) is 0 Å². The van der Waals surface area contributed by atoms with Crippen molar-refractivity contribution in [2.24, 2.45) is 0 Å². The molecule has 88 valence electrons. The first kappa shape index (κ1) is 11.4. The number of piperazine rings is 1. The maximum absolute atomic E-state index is 2.72. The Morgan fingerprint density at radius 3 is 2.87 bits per heavy atom. The van der Waals surface area contributed by atoms with Gasteiger partial charge >= 0.3 is 0 Å². The summed E-state index contributed by atoms with van der Waals surface area (Å²) < 4.78 is 0. The molecule has 0 N–H and O–H groups in total. The van der Waals surface area contributed by atoms with Gasteiger partial charge in [0.2, 0.25) is 0 Å². The Balaban J connectivity index is 1.85. The highest BCUT2D eigenvalue weighted by molar-refractivity contribution is 4.86. The Morgan fingerprint density at radius 2 is 2.07 bits per heavy atom. The van der Waals surface area contributed by atoms with Crippen LogP contribution in [0.1, 0.15) is 46.0 Å². The van der Waals surface area contributed by atoms with E-state index in [1.54, 1.807) is 0 Å². The van der Waals surface area contributed by atoms with E-state index >= 15 is 0 Å². The highest BCUT2D eigenvalue weighted by Gasteiger charge is 2.30. The van der Waals surface area contributed by atoms with Crippen LogP contribution in [-0.2, 0) is 0 Å². The molecular weight excluding hydrogens is 184 g/mol. The van der Waals surface area contributed by atoms with Crippen molar-refractivity contribution in [1.29, 1.82) is 0 Å². The summed E-state index contributed by atoms with van der Waals surface area (Å²) in [5.74, 6) is 0. The van der Waals surface area contributed by atoms with Gasteiger partial charge in [-0.2, -0.15) is 0 Å². The summed E-state index contributed by atoms with van der Waals surface area (Å²) >= 11 is 0. The predicted octanol–water partition coefficient (Wildman–Crippen LogP) is 2.35. The van der Waals surface area contributed by atoms with Gasteiger partial charge in [0.15, 0.2) is 0 Å². The minimum absolute atomic E-state index is 0.805. The van der Waals surface area contributed by atoms with Crippen LogP contribution in [0.5, 0.6) is 0 Å². The molecule has 0 aromatic rings. The molecule has 0 aromatic carbocycles. The van der Waals surface area contributed by atoms with Gasteiger partial charge < -0.3 is 0 Å². The normalized spacial score (nSPS) is 31.2. The first-order valence-corrected chi connectivity index (χ1v) is 6.79. The fraction of sp³-hybridized carbons (Fsp3) is 1.00. The second-order valence-corrected chi connectivity index (χ2v) is 5.32. The number of piperidine rings is 1. The minimum atomic E-state index is 0.805. The average molecular weight is 210 g/mol. The number of hydrogen-bond donors (Lipinski definition) is 0. The molecule has 0 bridgehead atoms. The lowest BCUT2D eigenvalue weighted by Gasteiger charge is -2.46. The van der Waals surface area contributed by atoms with Crippen molar-refractivity contribution >= 4 is 0 Å². The van der Waals surface area contributed by atoms with E-state index in [1.165, 1.54) is 58.3 Å². The van der Waals surface area contributed by atoms with Crippen molar-refractivity contribution in [2.75, 3.05) is 26.2 Å². The van der Waals surface area contributed by atoms with Crippen molar-refractivity contribution in [3.05, 3.63) is 0 Å². The van der Waals surface area contributed by atoms with E-state index in [4.69, 9.17) is 0 Å². The highest BCUT2D eigenvalue weighted by atomic mass is 15.3. The van der Waals surface area contributed by atoms with Crippen LogP contribution >= 0.6 is 0 Å². The lowest BCUT2D eigenvalue weighted by atomic mass is 9.98. The average Bonchev–Trinajstić information content (AvgIpc) is 2.29. The van der Waals surface area contributed by atoms with E-state index < -0.39 is 0 Å². The fourth-order valence-corrected chi connectivity index (χ4v) is 3.18. The smallest absolute Gasteiger partial charge is 0.0223 e.